The van der Waals surface area contributed by atoms with Gasteiger partial charge in [-0.1, -0.05) is 48.5 Å². The van der Waals surface area contributed by atoms with Crippen molar-refractivity contribution < 1.29 is 28.2 Å². The molecule has 37 heavy (non-hydrogen) atoms. The van der Waals surface area contributed by atoms with Crippen LogP contribution in [0.1, 0.15) is 31.2 Å². The minimum atomic E-state index is -3.57. The molecule has 0 bridgehead atoms. The third-order valence-corrected chi connectivity index (χ3v) is 7.43. The Bertz CT molecular complexity index is 1180. The second-order valence-electron chi connectivity index (χ2n) is 10.1. The van der Waals surface area contributed by atoms with Crippen molar-refractivity contribution in [2.45, 2.75) is 56.3 Å². The molecule has 3 atom stereocenters. The number of amides is 1. The Morgan fingerprint density at radius 3 is 2.73 bits per heavy atom. The first-order valence-electron chi connectivity index (χ1n) is 13.1. The first-order chi connectivity index (χ1) is 17.9. The Morgan fingerprint density at radius 2 is 1.92 bits per heavy atom. The van der Waals surface area contributed by atoms with E-state index in [0.29, 0.717) is 37.5 Å². The molecule has 0 radical (unpaired) electrons. The van der Waals surface area contributed by atoms with Crippen molar-refractivity contribution in [3.63, 3.8) is 0 Å². The summed E-state index contributed by atoms with van der Waals surface area (Å²) in [5.41, 5.74) is 1.31. The lowest BCUT2D eigenvalue weighted by molar-refractivity contribution is -0.148. The highest BCUT2D eigenvalue weighted by atomic mass is 19.3. The van der Waals surface area contributed by atoms with Gasteiger partial charge in [-0.15, -0.1) is 0 Å². The molecule has 2 heterocycles. The maximum absolute atomic E-state index is 15.0. The molecular weight excluding hydrogens is 478 g/mol. The van der Waals surface area contributed by atoms with Gasteiger partial charge in [0.05, 0.1) is 12.6 Å². The van der Waals surface area contributed by atoms with Crippen molar-refractivity contribution in [1.29, 1.82) is 0 Å². The second-order valence-corrected chi connectivity index (χ2v) is 10.1. The fourth-order valence-corrected chi connectivity index (χ4v) is 5.30. The first-order valence-corrected chi connectivity index (χ1v) is 13.1. The molecule has 2 aromatic rings. The van der Waals surface area contributed by atoms with E-state index in [1.807, 2.05) is 48.5 Å². The van der Waals surface area contributed by atoms with Gasteiger partial charge >= 0.3 is 5.92 Å². The van der Waals surface area contributed by atoms with Crippen LogP contribution in [0.4, 0.5) is 8.78 Å². The van der Waals surface area contributed by atoms with E-state index in [-0.39, 0.29) is 12.5 Å². The SMILES string of the molecule is O=C(N[C@H](CN1CCCC1)[C@H](O)C1=CCC2OCCOC2=C1)C(F)(F)CCc1ccc2ccccc2c1. The van der Waals surface area contributed by atoms with Crippen LogP contribution in [0.25, 0.3) is 10.8 Å². The topological polar surface area (TPSA) is 71.0 Å². The minimum Gasteiger partial charge on any atom is -0.493 e. The van der Waals surface area contributed by atoms with Crippen LogP contribution >= 0.6 is 0 Å². The number of nitrogens with zero attached hydrogens (tertiary/aromatic N) is 1. The number of aryl methyl sites for hydroxylation is 1. The molecule has 3 aliphatic rings. The predicted molar refractivity (Wildman–Crippen MR) is 137 cm³/mol. The zero-order valence-corrected chi connectivity index (χ0v) is 20.9. The van der Waals surface area contributed by atoms with Gasteiger partial charge in [0.25, 0.3) is 5.91 Å². The van der Waals surface area contributed by atoms with Crippen molar-refractivity contribution in [3.8, 4) is 0 Å². The van der Waals surface area contributed by atoms with E-state index in [0.717, 1.165) is 42.3 Å². The molecule has 0 saturated carbocycles. The van der Waals surface area contributed by atoms with E-state index in [2.05, 4.69) is 10.2 Å². The zero-order chi connectivity index (χ0) is 25.8. The molecule has 2 N–H and O–H groups in total. The van der Waals surface area contributed by atoms with E-state index in [9.17, 15) is 9.90 Å². The van der Waals surface area contributed by atoms with Gasteiger partial charge in [0.1, 0.15) is 24.6 Å². The Morgan fingerprint density at radius 1 is 1.14 bits per heavy atom. The van der Waals surface area contributed by atoms with E-state index < -0.39 is 30.4 Å². The highest BCUT2D eigenvalue weighted by Crippen LogP contribution is 2.28. The smallest absolute Gasteiger partial charge is 0.324 e. The summed E-state index contributed by atoms with van der Waals surface area (Å²) in [4.78, 5) is 14.9. The molecule has 2 fully saturated rings. The average Bonchev–Trinajstić information content (AvgIpc) is 3.44. The summed E-state index contributed by atoms with van der Waals surface area (Å²) in [6, 6.07) is 12.5. The van der Waals surface area contributed by atoms with Gasteiger partial charge in [0.2, 0.25) is 0 Å². The Balaban J connectivity index is 1.26. The third-order valence-electron chi connectivity index (χ3n) is 7.43. The normalized spacial score (nSPS) is 22.0. The molecule has 198 valence electrons. The monoisotopic (exact) mass is 512 g/mol. The molecule has 1 aliphatic carbocycles. The number of aliphatic hydroxyl groups excluding tert-OH is 1. The van der Waals surface area contributed by atoms with Gasteiger partial charge in [0, 0.05) is 13.0 Å². The number of halogens is 2. The number of carbonyl (C=O) groups excluding carboxylic acids is 1. The van der Waals surface area contributed by atoms with Gasteiger partial charge < -0.3 is 24.8 Å². The van der Waals surface area contributed by atoms with Gasteiger partial charge in [-0.25, -0.2) is 0 Å². The van der Waals surface area contributed by atoms with Crippen molar-refractivity contribution in [2.24, 2.45) is 0 Å². The number of rotatable bonds is 9. The highest BCUT2D eigenvalue weighted by molar-refractivity contribution is 5.84. The van der Waals surface area contributed by atoms with Crippen molar-refractivity contribution in [3.05, 3.63) is 71.5 Å². The highest BCUT2D eigenvalue weighted by Gasteiger charge is 2.41. The Kier molecular flexibility index (Phi) is 7.88. The molecule has 5 rings (SSSR count). The zero-order valence-electron chi connectivity index (χ0n) is 20.9. The van der Waals surface area contributed by atoms with Crippen LogP contribution in [0.2, 0.25) is 0 Å². The summed E-state index contributed by atoms with van der Waals surface area (Å²) < 4.78 is 41.5. The molecule has 0 spiro atoms. The molecular formula is C29H34F2N2O4. The van der Waals surface area contributed by atoms with Crippen molar-refractivity contribution >= 4 is 16.7 Å². The van der Waals surface area contributed by atoms with Crippen LogP contribution in [-0.4, -0.2) is 72.9 Å². The van der Waals surface area contributed by atoms with Crippen LogP contribution in [0.3, 0.4) is 0 Å². The first kappa shape index (κ1) is 25.8. The van der Waals surface area contributed by atoms with Gasteiger partial charge in [-0.2, -0.15) is 8.78 Å². The number of alkyl halides is 2. The van der Waals surface area contributed by atoms with E-state index in [4.69, 9.17) is 9.47 Å². The van der Waals surface area contributed by atoms with Crippen LogP contribution in [0.5, 0.6) is 0 Å². The number of fused-ring (bicyclic) bond motifs is 2. The molecule has 0 aromatic heterocycles. The fraction of sp³-hybridized carbons (Fsp3) is 0.483. The van der Waals surface area contributed by atoms with Crippen molar-refractivity contribution in [2.75, 3.05) is 32.8 Å². The molecule has 1 unspecified atom stereocenters. The summed E-state index contributed by atoms with van der Waals surface area (Å²) in [6.45, 7) is 2.88. The lowest BCUT2D eigenvalue weighted by Crippen LogP contribution is -2.54. The number of hydrogen-bond acceptors (Lipinski definition) is 5. The maximum Gasteiger partial charge on any atom is 0.324 e. The van der Waals surface area contributed by atoms with Crippen LogP contribution in [-0.2, 0) is 20.7 Å². The molecule has 2 aromatic carbocycles. The Labute approximate surface area is 215 Å². The lowest BCUT2D eigenvalue weighted by Gasteiger charge is -2.33. The molecule has 2 aliphatic heterocycles. The third kappa shape index (κ3) is 6.20. The summed E-state index contributed by atoms with van der Waals surface area (Å²) in [5.74, 6) is -4.29. The average molecular weight is 513 g/mol. The second kappa shape index (κ2) is 11.3. The summed E-state index contributed by atoms with van der Waals surface area (Å²) >= 11 is 0. The van der Waals surface area contributed by atoms with Crippen LogP contribution < -0.4 is 5.32 Å². The summed E-state index contributed by atoms with van der Waals surface area (Å²) in [5, 5.41) is 15.7. The van der Waals surface area contributed by atoms with Crippen LogP contribution in [0, 0.1) is 0 Å². The summed E-state index contributed by atoms with van der Waals surface area (Å²) in [6.07, 6.45) is 4.26. The number of ether oxygens (including phenoxy) is 2. The van der Waals surface area contributed by atoms with E-state index in [1.165, 1.54) is 0 Å². The van der Waals surface area contributed by atoms with Crippen molar-refractivity contribution in [1.82, 2.24) is 10.2 Å². The number of hydrogen-bond donors (Lipinski definition) is 2. The number of aliphatic hydroxyl groups is 1. The molecule has 8 heteroatoms. The maximum atomic E-state index is 15.0. The molecule has 6 nitrogen and oxygen atoms in total. The van der Waals surface area contributed by atoms with Gasteiger partial charge in [-0.3, -0.25) is 4.79 Å². The number of benzene rings is 2. The standard InChI is InChI=1S/C29H34F2N2O4/c30-29(31,12-11-20-7-8-21-5-1-2-6-22(21)17-20)28(35)32-24(19-33-13-3-4-14-33)27(34)23-9-10-25-26(18-23)37-16-15-36-25/h1-2,5-9,17-18,24-25,27,34H,3-4,10-16,19H2,(H,32,35)/t24-,25?,27-/m1/s1. The number of likely N-dealkylation sites (tertiary alicyclic amines) is 1. The van der Waals surface area contributed by atoms with Gasteiger partial charge in [0.15, 0.2) is 0 Å². The number of nitrogens with one attached hydrogen (secondary N) is 1. The van der Waals surface area contributed by atoms with E-state index in [1.54, 1.807) is 6.08 Å². The predicted octanol–water partition coefficient (Wildman–Crippen LogP) is 3.98. The number of carbonyl (C=O) groups is 1. The molecule has 1 amide bonds. The van der Waals surface area contributed by atoms with Crippen LogP contribution in [0.15, 0.2) is 65.9 Å². The fourth-order valence-electron chi connectivity index (χ4n) is 5.30. The summed E-state index contributed by atoms with van der Waals surface area (Å²) in [7, 11) is 0. The Hall–Kier alpha value is -2.81. The largest absolute Gasteiger partial charge is 0.493 e. The molecule has 2 saturated heterocycles. The lowest BCUT2D eigenvalue weighted by atomic mass is 9.93. The van der Waals surface area contributed by atoms with Gasteiger partial charge in [-0.05, 0) is 66.8 Å². The quantitative estimate of drug-likeness (QED) is 0.532. The minimum absolute atomic E-state index is 0.0700. The van der Waals surface area contributed by atoms with E-state index >= 15 is 8.78 Å².